The van der Waals surface area contributed by atoms with E-state index in [9.17, 15) is 0 Å². The fraction of sp³-hybridized carbons (Fsp3) is 0.333. The molecule has 0 amide bonds. The first-order chi connectivity index (χ1) is 6.24. The second-order valence-electron chi connectivity index (χ2n) is 2.91. The van der Waals surface area contributed by atoms with Crippen molar-refractivity contribution in [3.8, 4) is 11.5 Å². The van der Waals surface area contributed by atoms with Crippen LogP contribution in [0.15, 0.2) is 6.07 Å². The summed E-state index contributed by atoms with van der Waals surface area (Å²) in [4.78, 5) is 0. The zero-order chi connectivity index (χ0) is 9.42. The van der Waals surface area contributed by atoms with Crippen molar-refractivity contribution in [1.29, 1.82) is 0 Å². The number of halogens is 1. The van der Waals surface area contributed by atoms with Gasteiger partial charge < -0.3 is 15.2 Å². The van der Waals surface area contributed by atoms with Crippen molar-refractivity contribution in [2.24, 2.45) is 5.73 Å². The monoisotopic (exact) mass is 199 g/mol. The van der Waals surface area contributed by atoms with E-state index >= 15 is 0 Å². The van der Waals surface area contributed by atoms with Gasteiger partial charge in [-0.3, -0.25) is 0 Å². The third kappa shape index (κ3) is 1.24. The molecule has 0 saturated heterocycles. The third-order valence-corrected chi connectivity index (χ3v) is 2.64. The summed E-state index contributed by atoms with van der Waals surface area (Å²) >= 11 is 6.06. The van der Waals surface area contributed by atoms with E-state index < -0.39 is 0 Å². The number of hydrogen-bond donors (Lipinski definition) is 1. The highest BCUT2D eigenvalue weighted by atomic mass is 35.5. The van der Waals surface area contributed by atoms with Crippen molar-refractivity contribution in [1.82, 2.24) is 0 Å². The summed E-state index contributed by atoms with van der Waals surface area (Å²) in [5.41, 5.74) is 7.32. The van der Waals surface area contributed by atoms with Crippen LogP contribution in [0.2, 0.25) is 5.02 Å². The lowest BCUT2D eigenvalue weighted by atomic mass is 10.1. The minimum absolute atomic E-state index is 0.264. The average molecular weight is 200 g/mol. The Hall–Kier alpha value is -0.930. The molecule has 0 aliphatic carbocycles. The summed E-state index contributed by atoms with van der Waals surface area (Å²) in [6, 6.07) is 1.83. The molecule has 1 aromatic carbocycles. The molecule has 1 aromatic rings. The smallest absolute Gasteiger partial charge is 0.231 e. The first-order valence-electron chi connectivity index (χ1n) is 4.01. The minimum atomic E-state index is 0.264. The molecule has 0 aromatic heterocycles. The van der Waals surface area contributed by atoms with Gasteiger partial charge in [0.15, 0.2) is 11.5 Å². The minimum Gasteiger partial charge on any atom is -0.454 e. The van der Waals surface area contributed by atoms with Gasteiger partial charge in [-0.25, -0.2) is 0 Å². The predicted octanol–water partition coefficient (Wildman–Crippen LogP) is 1.84. The maximum absolute atomic E-state index is 6.06. The molecule has 1 aliphatic rings. The molecule has 1 aliphatic heterocycles. The van der Waals surface area contributed by atoms with Crippen LogP contribution in [0, 0.1) is 6.92 Å². The number of nitrogens with two attached hydrogens (primary N) is 1. The third-order valence-electron chi connectivity index (χ3n) is 2.12. The molecule has 0 atom stereocenters. The molecule has 0 unspecified atom stereocenters. The van der Waals surface area contributed by atoms with Crippen LogP contribution in [0.25, 0.3) is 0 Å². The van der Waals surface area contributed by atoms with Crippen LogP contribution in [0.4, 0.5) is 0 Å². The first-order valence-corrected chi connectivity index (χ1v) is 4.39. The van der Waals surface area contributed by atoms with Gasteiger partial charge in [-0.2, -0.15) is 0 Å². The largest absolute Gasteiger partial charge is 0.454 e. The Balaban J connectivity index is 2.61. The van der Waals surface area contributed by atoms with E-state index in [0.29, 0.717) is 11.6 Å². The van der Waals surface area contributed by atoms with Crippen LogP contribution in [0.3, 0.4) is 0 Å². The lowest BCUT2D eigenvalue weighted by Gasteiger charge is -2.07. The molecule has 0 fully saturated rings. The van der Waals surface area contributed by atoms with E-state index in [4.69, 9.17) is 26.8 Å². The highest BCUT2D eigenvalue weighted by molar-refractivity contribution is 6.32. The summed E-state index contributed by atoms with van der Waals surface area (Å²) in [5, 5.41) is 0.673. The Morgan fingerprint density at radius 3 is 3.00 bits per heavy atom. The fourth-order valence-corrected chi connectivity index (χ4v) is 1.62. The number of fused-ring (bicyclic) bond motifs is 1. The van der Waals surface area contributed by atoms with Crippen LogP contribution in [0.5, 0.6) is 11.5 Å². The Morgan fingerprint density at radius 1 is 1.54 bits per heavy atom. The zero-order valence-corrected chi connectivity index (χ0v) is 8.02. The van der Waals surface area contributed by atoms with Gasteiger partial charge >= 0.3 is 0 Å². The van der Waals surface area contributed by atoms with Gasteiger partial charge in [0.2, 0.25) is 6.79 Å². The standard InChI is InChI=1S/C9H10ClNO2/c1-5-8(10)6(3-11)2-7-9(5)13-4-12-7/h2H,3-4,11H2,1H3. The summed E-state index contributed by atoms with van der Waals surface area (Å²) in [7, 11) is 0. The second kappa shape index (κ2) is 3.09. The zero-order valence-electron chi connectivity index (χ0n) is 7.26. The molecule has 3 nitrogen and oxygen atoms in total. The molecule has 2 rings (SSSR count). The number of ether oxygens (including phenoxy) is 2. The summed E-state index contributed by atoms with van der Waals surface area (Å²) in [5.74, 6) is 1.48. The highest BCUT2D eigenvalue weighted by Crippen LogP contribution is 2.40. The van der Waals surface area contributed by atoms with Gasteiger partial charge in [-0.15, -0.1) is 0 Å². The van der Waals surface area contributed by atoms with Gasteiger partial charge in [0.25, 0.3) is 0 Å². The van der Waals surface area contributed by atoms with E-state index in [1.807, 2.05) is 13.0 Å². The second-order valence-corrected chi connectivity index (χ2v) is 3.29. The summed E-state index contributed by atoms with van der Waals surface area (Å²) < 4.78 is 10.5. The lowest BCUT2D eigenvalue weighted by molar-refractivity contribution is 0.173. The van der Waals surface area contributed by atoms with Crippen molar-refractivity contribution in [2.45, 2.75) is 13.5 Å². The Kier molecular flexibility index (Phi) is 2.06. The van der Waals surface area contributed by atoms with Gasteiger partial charge in [0.1, 0.15) is 0 Å². The predicted molar refractivity (Wildman–Crippen MR) is 50.2 cm³/mol. The molecule has 0 bridgehead atoms. The van der Waals surface area contributed by atoms with Gasteiger partial charge in [0, 0.05) is 12.1 Å². The number of benzene rings is 1. The van der Waals surface area contributed by atoms with E-state index in [2.05, 4.69) is 0 Å². The maximum atomic E-state index is 6.06. The topological polar surface area (TPSA) is 44.5 Å². The Labute approximate surface area is 81.4 Å². The molecule has 0 saturated carbocycles. The van der Waals surface area contributed by atoms with Crippen molar-refractivity contribution < 1.29 is 9.47 Å². The highest BCUT2D eigenvalue weighted by Gasteiger charge is 2.20. The van der Waals surface area contributed by atoms with Crippen LogP contribution < -0.4 is 15.2 Å². The molecular formula is C9H10ClNO2. The van der Waals surface area contributed by atoms with Crippen molar-refractivity contribution in [3.63, 3.8) is 0 Å². The van der Waals surface area contributed by atoms with E-state index in [0.717, 1.165) is 22.6 Å². The fourth-order valence-electron chi connectivity index (χ4n) is 1.40. The lowest BCUT2D eigenvalue weighted by Crippen LogP contribution is -1.98. The number of rotatable bonds is 1. The van der Waals surface area contributed by atoms with E-state index in [-0.39, 0.29) is 6.79 Å². The molecule has 4 heteroatoms. The van der Waals surface area contributed by atoms with Gasteiger partial charge in [-0.1, -0.05) is 11.6 Å². The van der Waals surface area contributed by atoms with Crippen molar-refractivity contribution in [2.75, 3.05) is 6.79 Å². The molecule has 2 N–H and O–H groups in total. The number of hydrogen-bond acceptors (Lipinski definition) is 3. The van der Waals surface area contributed by atoms with Crippen LogP contribution >= 0.6 is 11.6 Å². The van der Waals surface area contributed by atoms with Crippen LogP contribution in [0.1, 0.15) is 11.1 Å². The Bertz CT molecular complexity index is 351. The molecule has 13 heavy (non-hydrogen) atoms. The maximum Gasteiger partial charge on any atom is 0.231 e. The average Bonchev–Trinajstić information content (AvgIpc) is 2.59. The summed E-state index contributed by atoms with van der Waals surface area (Å²) in [6.45, 7) is 2.58. The molecule has 0 radical (unpaired) electrons. The quantitative estimate of drug-likeness (QED) is 0.751. The molecular weight excluding hydrogens is 190 g/mol. The molecule has 70 valence electrons. The summed E-state index contributed by atoms with van der Waals surface area (Å²) in [6.07, 6.45) is 0. The van der Waals surface area contributed by atoms with E-state index in [1.165, 1.54) is 0 Å². The molecule has 1 heterocycles. The first kappa shape index (κ1) is 8.66. The van der Waals surface area contributed by atoms with Crippen LogP contribution in [-0.4, -0.2) is 6.79 Å². The van der Waals surface area contributed by atoms with Crippen LogP contribution in [-0.2, 0) is 6.54 Å². The molecule has 0 spiro atoms. The van der Waals surface area contributed by atoms with Gasteiger partial charge in [0.05, 0.1) is 5.02 Å². The normalized spacial score (nSPS) is 13.5. The van der Waals surface area contributed by atoms with Gasteiger partial charge in [-0.05, 0) is 18.6 Å². The van der Waals surface area contributed by atoms with Crippen molar-refractivity contribution in [3.05, 3.63) is 22.2 Å². The SMILES string of the molecule is Cc1c(Cl)c(CN)cc2c1OCO2. The van der Waals surface area contributed by atoms with Crippen molar-refractivity contribution >= 4 is 11.6 Å². The van der Waals surface area contributed by atoms with E-state index in [1.54, 1.807) is 0 Å². The Morgan fingerprint density at radius 2 is 2.31 bits per heavy atom.